The lowest BCUT2D eigenvalue weighted by molar-refractivity contribution is -0.140. The summed E-state index contributed by atoms with van der Waals surface area (Å²) in [4.78, 5) is 36.4. The molecule has 0 radical (unpaired) electrons. The van der Waals surface area contributed by atoms with Crippen LogP contribution in [-0.2, 0) is 14.4 Å². The summed E-state index contributed by atoms with van der Waals surface area (Å²) < 4.78 is 10.1. The highest BCUT2D eigenvalue weighted by atomic mass is 32.1. The molecule has 2 rings (SSSR count). The van der Waals surface area contributed by atoms with E-state index in [9.17, 15) is 19.5 Å². The van der Waals surface area contributed by atoms with Crippen LogP contribution in [0.1, 0.15) is 5.56 Å². The smallest absolute Gasteiger partial charge is 0.323 e. The van der Waals surface area contributed by atoms with Crippen molar-refractivity contribution in [3.8, 4) is 17.2 Å². The van der Waals surface area contributed by atoms with Crippen LogP contribution in [0.3, 0.4) is 0 Å². The molecule has 0 atom stereocenters. The van der Waals surface area contributed by atoms with Crippen molar-refractivity contribution in [1.29, 1.82) is 0 Å². The lowest BCUT2D eigenvalue weighted by Crippen LogP contribution is -2.38. The van der Waals surface area contributed by atoms with E-state index in [-0.39, 0.29) is 28.1 Å². The Morgan fingerprint density at radius 3 is 2.07 bits per heavy atom. The summed E-state index contributed by atoms with van der Waals surface area (Å²) in [6.07, 6.45) is 4.35. The molecule has 0 bridgehead atoms. The van der Waals surface area contributed by atoms with Crippen molar-refractivity contribution in [1.82, 2.24) is 9.80 Å². The van der Waals surface area contributed by atoms with Gasteiger partial charge in [0, 0.05) is 0 Å². The first-order chi connectivity index (χ1) is 13.7. The number of aliphatic carboxylic acids is 2. The minimum absolute atomic E-state index is 0.0763. The van der Waals surface area contributed by atoms with E-state index in [4.69, 9.17) is 31.9 Å². The zero-order valence-corrected chi connectivity index (χ0v) is 16.3. The van der Waals surface area contributed by atoms with E-state index in [1.54, 1.807) is 6.08 Å². The highest BCUT2D eigenvalue weighted by Gasteiger charge is 2.39. The minimum atomic E-state index is -1.28. The number of methoxy groups -OCH3 is 2. The summed E-state index contributed by atoms with van der Waals surface area (Å²) in [6.45, 7) is -1.28. The molecule has 0 aromatic heterocycles. The number of phenols is 1. The molecule has 10 nitrogen and oxygen atoms in total. The van der Waals surface area contributed by atoms with E-state index in [0.717, 1.165) is 9.80 Å². The maximum atomic E-state index is 12.5. The van der Waals surface area contributed by atoms with Gasteiger partial charge in [0.25, 0.3) is 5.91 Å². The second-order valence-corrected chi connectivity index (χ2v) is 6.10. The van der Waals surface area contributed by atoms with Crippen molar-refractivity contribution in [3.05, 3.63) is 35.5 Å². The third kappa shape index (κ3) is 4.82. The van der Waals surface area contributed by atoms with Crippen LogP contribution in [-0.4, -0.2) is 75.4 Å². The average Bonchev–Trinajstić information content (AvgIpc) is 2.86. The SMILES string of the molecule is COc1cc(/C=C/C=C2\C(=O)N(CC(=O)O)C(=S)N2CC(=O)O)cc(OC)c1O. The normalized spacial score (nSPS) is 15.4. The van der Waals surface area contributed by atoms with E-state index in [1.807, 2.05) is 0 Å². The second-order valence-electron chi connectivity index (χ2n) is 5.73. The van der Waals surface area contributed by atoms with E-state index < -0.39 is 30.9 Å². The zero-order valence-electron chi connectivity index (χ0n) is 15.5. The highest BCUT2D eigenvalue weighted by molar-refractivity contribution is 7.80. The van der Waals surface area contributed by atoms with Gasteiger partial charge in [-0.15, -0.1) is 0 Å². The molecule has 29 heavy (non-hydrogen) atoms. The van der Waals surface area contributed by atoms with E-state index >= 15 is 0 Å². The van der Waals surface area contributed by atoms with Gasteiger partial charge < -0.3 is 29.7 Å². The summed E-state index contributed by atoms with van der Waals surface area (Å²) in [5.41, 5.74) is 0.487. The quantitative estimate of drug-likeness (QED) is 0.409. The largest absolute Gasteiger partial charge is 0.502 e. The molecule has 1 amide bonds. The third-order valence-corrected chi connectivity index (χ3v) is 4.29. The number of ether oxygens (including phenoxy) is 2. The number of carboxylic acids is 2. The molecule has 1 aliphatic heterocycles. The Morgan fingerprint density at radius 1 is 1.07 bits per heavy atom. The second kappa shape index (κ2) is 9.06. The van der Waals surface area contributed by atoms with E-state index in [2.05, 4.69) is 0 Å². The number of hydrogen-bond donors (Lipinski definition) is 3. The number of carbonyl (C=O) groups excluding carboxylic acids is 1. The number of rotatable bonds is 8. The Bertz CT molecular complexity index is 899. The molecule has 1 saturated heterocycles. The molecule has 0 unspecified atom stereocenters. The highest BCUT2D eigenvalue weighted by Crippen LogP contribution is 2.37. The van der Waals surface area contributed by atoms with Crippen LogP contribution in [0.15, 0.2) is 30.0 Å². The van der Waals surface area contributed by atoms with E-state index in [0.29, 0.717) is 5.56 Å². The summed E-state index contributed by atoms with van der Waals surface area (Å²) >= 11 is 5.06. The fourth-order valence-electron chi connectivity index (χ4n) is 2.57. The molecule has 11 heteroatoms. The van der Waals surface area contributed by atoms with Gasteiger partial charge in [-0.3, -0.25) is 19.3 Å². The Kier molecular flexibility index (Phi) is 6.78. The van der Waals surface area contributed by atoms with Gasteiger partial charge in [0.05, 0.1) is 14.2 Å². The Labute approximate surface area is 170 Å². The molecule has 1 aliphatic rings. The van der Waals surface area contributed by atoms with Crippen LogP contribution >= 0.6 is 12.2 Å². The van der Waals surface area contributed by atoms with Crippen LogP contribution in [0, 0.1) is 0 Å². The summed E-state index contributed by atoms with van der Waals surface area (Å²) in [7, 11) is 2.76. The topological polar surface area (TPSA) is 137 Å². The van der Waals surface area contributed by atoms with Gasteiger partial charge in [-0.05, 0) is 36.0 Å². The predicted molar refractivity (Wildman–Crippen MR) is 105 cm³/mol. The first-order valence-electron chi connectivity index (χ1n) is 8.09. The van der Waals surface area contributed by atoms with Crippen LogP contribution in [0.4, 0.5) is 0 Å². The van der Waals surface area contributed by atoms with Crippen molar-refractivity contribution >= 4 is 41.3 Å². The maximum absolute atomic E-state index is 12.5. The number of allylic oxidation sites excluding steroid dienone is 2. The standard InChI is InChI=1S/C18H18N2O8S/c1-27-12-6-10(7-13(28-2)16(12)25)4-3-5-11-17(26)20(9-15(23)24)18(29)19(11)8-14(21)22/h3-7,25H,8-9H2,1-2H3,(H,21,22)(H,23,24)/b4-3+,11-5+. The Hall–Kier alpha value is -3.60. The first-order valence-corrected chi connectivity index (χ1v) is 8.50. The lowest BCUT2D eigenvalue weighted by Gasteiger charge is -2.16. The number of thiocarbonyl (C=S) groups is 1. The number of carbonyl (C=O) groups is 3. The van der Waals surface area contributed by atoms with Crippen molar-refractivity contribution in [3.63, 3.8) is 0 Å². The first kappa shape index (κ1) is 21.7. The van der Waals surface area contributed by atoms with Crippen LogP contribution in [0.5, 0.6) is 17.2 Å². The molecule has 0 saturated carbocycles. The van der Waals surface area contributed by atoms with Crippen LogP contribution in [0.2, 0.25) is 0 Å². The van der Waals surface area contributed by atoms with Crippen molar-refractivity contribution in [2.45, 2.75) is 0 Å². The lowest BCUT2D eigenvalue weighted by atomic mass is 10.1. The van der Waals surface area contributed by atoms with Crippen molar-refractivity contribution in [2.75, 3.05) is 27.3 Å². The molecule has 3 N–H and O–H groups in total. The van der Waals surface area contributed by atoms with Gasteiger partial charge in [0.15, 0.2) is 16.6 Å². The van der Waals surface area contributed by atoms with Crippen LogP contribution in [0.25, 0.3) is 6.08 Å². The summed E-state index contributed by atoms with van der Waals surface area (Å²) in [5.74, 6) is -3.05. The number of amides is 1. The monoisotopic (exact) mass is 422 g/mol. The number of hydrogen-bond acceptors (Lipinski definition) is 7. The zero-order chi connectivity index (χ0) is 21.7. The van der Waals surface area contributed by atoms with Crippen molar-refractivity contribution < 1.29 is 39.2 Å². The van der Waals surface area contributed by atoms with Crippen molar-refractivity contribution in [2.24, 2.45) is 0 Å². The number of nitrogens with zero attached hydrogens (tertiary/aromatic N) is 2. The minimum Gasteiger partial charge on any atom is -0.502 e. The van der Waals surface area contributed by atoms with Crippen LogP contribution < -0.4 is 9.47 Å². The fraction of sp³-hybridized carbons (Fsp3) is 0.222. The molecule has 1 fully saturated rings. The van der Waals surface area contributed by atoms with E-state index in [1.165, 1.54) is 38.5 Å². The maximum Gasteiger partial charge on any atom is 0.323 e. The molecule has 154 valence electrons. The molecule has 1 heterocycles. The average molecular weight is 422 g/mol. The number of carboxylic acid groups (broad SMARTS) is 2. The molecule has 1 aromatic rings. The predicted octanol–water partition coefficient (Wildman–Crippen LogP) is 0.905. The number of phenolic OH excluding ortho intramolecular Hbond substituents is 1. The number of benzene rings is 1. The Balaban J connectivity index is 2.37. The van der Waals surface area contributed by atoms with Gasteiger partial charge in [-0.1, -0.05) is 12.2 Å². The molecular formula is C18H18N2O8S. The number of aromatic hydroxyl groups is 1. The van der Waals surface area contributed by atoms with Gasteiger partial charge in [0.2, 0.25) is 5.75 Å². The molecule has 1 aromatic carbocycles. The van der Waals surface area contributed by atoms with Gasteiger partial charge in [-0.25, -0.2) is 0 Å². The Morgan fingerprint density at radius 2 is 1.59 bits per heavy atom. The van der Waals surface area contributed by atoms with Gasteiger partial charge in [-0.2, -0.15) is 0 Å². The third-order valence-electron chi connectivity index (χ3n) is 3.85. The molecular weight excluding hydrogens is 404 g/mol. The summed E-state index contributed by atoms with van der Waals surface area (Å²) in [6, 6.07) is 3.05. The summed E-state index contributed by atoms with van der Waals surface area (Å²) in [5, 5.41) is 27.7. The van der Waals surface area contributed by atoms with Gasteiger partial charge in [0.1, 0.15) is 18.8 Å². The molecule has 0 spiro atoms. The molecule has 0 aliphatic carbocycles. The fourth-order valence-corrected chi connectivity index (χ4v) is 2.88. The van der Waals surface area contributed by atoms with Gasteiger partial charge >= 0.3 is 11.9 Å².